The minimum absolute atomic E-state index is 0.580. The Balaban J connectivity index is 2.88. The van der Waals surface area contributed by atoms with Crippen molar-refractivity contribution < 1.29 is 19.8 Å². The summed E-state index contributed by atoms with van der Waals surface area (Å²) in [5.74, 6) is -1.28. The molecule has 2 amide bonds. The van der Waals surface area contributed by atoms with E-state index >= 15 is 0 Å². The van der Waals surface area contributed by atoms with Crippen molar-refractivity contribution in [3.63, 3.8) is 0 Å². The smallest absolute Gasteiger partial charge is 0.328 e. The van der Waals surface area contributed by atoms with E-state index in [2.05, 4.69) is 5.32 Å². The molecule has 0 aliphatic carbocycles. The molecule has 1 aromatic carbocycles. The van der Waals surface area contributed by atoms with Crippen LogP contribution in [0.5, 0.6) is 0 Å². The predicted molar refractivity (Wildman–Crippen MR) is 76.0 cm³/mol. The average molecular weight is 280 g/mol. The highest BCUT2D eigenvalue weighted by molar-refractivity contribution is 5.94. The molecule has 0 fully saturated rings. The number of aliphatic hydroxyl groups excluding tert-OH is 1. The van der Waals surface area contributed by atoms with E-state index in [1.54, 1.807) is 7.05 Å². The van der Waals surface area contributed by atoms with Crippen molar-refractivity contribution >= 4 is 17.7 Å². The van der Waals surface area contributed by atoms with Gasteiger partial charge in [0.25, 0.3) is 0 Å². The molecule has 3 N–H and O–H groups in total. The Morgan fingerprint density at radius 1 is 1.20 bits per heavy atom. The number of aryl methyl sites for hydroxylation is 2. The Kier molecular flexibility index (Phi) is 5.10. The third-order valence-corrected chi connectivity index (χ3v) is 2.93. The van der Waals surface area contributed by atoms with Crippen molar-refractivity contribution in [1.82, 2.24) is 5.32 Å². The molecule has 1 rings (SSSR count). The second kappa shape index (κ2) is 6.38. The van der Waals surface area contributed by atoms with Crippen LogP contribution in [0.25, 0.3) is 0 Å². The maximum atomic E-state index is 12.0. The zero-order valence-corrected chi connectivity index (χ0v) is 12.0. The molecule has 0 heterocycles. The summed E-state index contributed by atoms with van der Waals surface area (Å²) in [6.07, 6.45) is -1.18. The van der Waals surface area contributed by atoms with E-state index in [9.17, 15) is 14.7 Å². The van der Waals surface area contributed by atoms with Crippen molar-refractivity contribution in [1.29, 1.82) is 0 Å². The minimum Gasteiger partial charge on any atom is -0.480 e. The number of aliphatic carboxylic acids is 1. The van der Waals surface area contributed by atoms with E-state index < -0.39 is 24.1 Å². The van der Waals surface area contributed by atoms with Gasteiger partial charge in [-0.05, 0) is 44.0 Å². The van der Waals surface area contributed by atoms with Crippen molar-refractivity contribution in [3.8, 4) is 0 Å². The third kappa shape index (κ3) is 3.96. The molecule has 0 radical (unpaired) electrons. The first-order valence-corrected chi connectivity index (χ1v) is 6.25. The van der Waals surface area contributed by atoms with Gasteiger partial charge in [0.1, 0.15) is 0 Å². The largest absolute Gasteiger partial charge is 0.480 e. The molecule has 2 atom stereocenters. The van der Waals surface area contributed by atoms with Crippen LogP contribution in [-0.2, 0) is 4.79 Å². The lowest BCUT2D eigenvalue weighted by atomic mass is 10.1. The van der Waals surface area contributed by atoms with Gasteiger partial charge in [-0.15, -0.1) is 0 Å². The lowest BCUT2D eigenvalue weighted by Gasteiger charge is -2.23. The molecular weight excluding hydrogens is 260 g/mol. The van der Waals surface area contributed by atoms with Gasteiger partial charge >= 0.3 is 12.0 Å². The zero-order chi connectivity index (χ0) is 15.4. The van der Waals surface area contributed by atoms with Crippen LogP contribution in [0.2, 0.25) is 0 Å². The van der Waals surface area contributed by atoms with E-state index in [4.69, 9.17) is 5.11 Å². The SMILES string of the molecule is Cc1cc(C)cc(N(C)C(=O)NC(C(=O)O)C(C)O)c1. The number of carbonyl (C=O) groups excluding carboxylic acids is 1. The van der Waals surface area contributed by atoms with Crippen LogP contribution in [0.15, 0.2) is 18.2 Å². The van der Waals surface area contributed by atoms with E-state index in [-0.39, 0.29) is 0 Å². The number of urea groups is 1. The number of carboxylic acid groups (broad SMARTS) is 1. The number of anilines is 1. The number of rotatable bonds is 4. The summed E-state index contributed by atoms with van der Waals surface area (Å²) < 4.78 is 0. The van der Waals surface area contributed by atoms with Gasteiger partial charge < -0.3 is 15.5 Å². The van der Waals surface area contributed by atoms with Crippen molar-refractivity contribution in [2.24, 2.45) is 0 Å². The van der Waals surface area contributed by atoms with Crippen LogP contribution in [-0.4, -0.2) is 41.4 Å². The Labute approximate surface area is 118 Å². The number of carboxylic acids is 1. The van der Waals surface area contributed by atoms with Crippen molar-refractivity contribution in [2.75, 3.05) is 11.9 Å². The van der Waals surface area contributed by atoms with Gasteiger partial charge in [-0.3, -0.25) is 4.90 Å². The highest BCUT2D eigenvalue weighted by Gasteiger charge is 2.26. The first-order valence-electron chi connectivity index (χ1n) is 6.25. The maximum absolute atomic E-state index is 12.0. The number of aliphatic hydroxyl groups is 1. The van der Waals surface area contributed by atoms with E-state index in [0.29, 0.717) is 5.69 Å². The van der Waals surface area contributed by atoms with E-state index in [1.165, 1.54) is 11.8 Å². The lowest BCUT2D eigenvalue weighted by molar-refractivity contribution is -0.141. The fourth-order valence-electron chi connectivity index (χ4n) is 1.88. The summed E-state index contributed by atoms with van der Waals surface area (Å²) in [6.45, 7) is 5.14. The number of amides is 2. The van der Waals surface area contributed by atoms with E-state index in [1.807, 2.05) is 32.0 Å². The number of nitrogens with one attached hydrogen (secondary N) is 1. The van der Waals surface area contributed by atoms with E-state index in [0.717, 1.165) is 11.1 Å². The van der Waals surface area contributed by atoms with Gasteiger partial charge in [-0.25, -0.2) is 9.59 Å². The summed E-state index contributed by atoms with van der Waals surface area (Å²) in [6, 6.07) is 3.71. The first-order chi connectivity index (χ1) is 9.22. The first kappa shape index (κ1) is 16.0. The fourth-order valence-corrected chi connectivity index (χ4v) is 1.88. The molecule has 0 bridgehead atoms. The monoisotopic (exact) mass is 280 g/mol. The molecule has 0 saturated carbocycles. The van der Waals surface area contributed by atoms with Crippen LogP contribution in [0.4, 0.5) is 10.5 Å². The quantitative estimate of drug-likeness (QED) is 0.775. The molecule has 0 aromatic heterocycles. The molecule has 2 unspecified atom stereocenters. The third-order valence-electron chi connectivity index (χ3n) is 2.93. The van der Waals surface area contributed by atoms with Crippen LogP contribution < -0.4 is 10.2 Å². The molecule has 110 valence electrons. The fraction of sp³-hybridized carbons (Fsp3) is 0.429. The number of benzene rings is 1. The van der Waals surface area contributed by atoms with Crippen LogP contribution in [0, 0.1) is 13.8 Å². The lowest BCUT2D eigenvalue weighted by Crippen LogP contribution is -2.51. The van der Waals surface area contributed by atoms with Gasteiger partial charge in [0, 0.05) is 12.7 Å². The molecule has 20 heavy (non-hydrogen) atoms. The van der Waals surface area contributed by atoms with Crippen molar-refractivity contribution in [2.45, 2.75) is 32.9 Å². The minimum atomic E-state index is -1.34. The Morgan fingerprint density at radius 3 is 2.10 bits per heavy atom. The van der Waals surface area contributed by atoms with Gasteiger partial charge in [0.05, 0.1) is 6.10 Å². The topological polar surface area (TPSA) is 89.9 Å². The summed E-state index contributed by atoms with van der Waals surface area (Å²) in [5.41, 5.74) is 2.67. The van der Waals surface area contributed by atoms with Gasteiger partial charge in [-0.1, -0.05) is 6.07 Å². The summed E-state index contributed by atoms with van der Waals surface area (Å²) in [5, 5.41) is 20.6. The molecule has 6 heteroatoms. The maximum Gasteiger partial charge on any atom is 0.328 e. The van der Waals surface area contributed by atoms with Crippen LogP contribution in [0.1, 0.15) is 18.1 Å². The Hall–Kier alpha value is -2.08. The summed E-state index contributed by atoms with van der Waals surface area (Å²) >= 11 is 0. The molecule has 0 aliphatic heterocycles. The second-order valence-corrected chi connectivity index (χ2v) is 4.91. The Bertz CT molecular complexity index is 494. The predicted octanol–water partition coefficient (Wildman–Crippen LogP) is 1.28. The van der Waals surface area contributed by atoms with Crippen LogP contribution in [0.3, 0.4) is 0 Å². The molecular formula is C14H20N2O4. The van der Waals surface area contributed by atoms with Gasteiger partial charge in [-0.2, -0.15) is 0 Å². The number of carbonyl (C=O) groups is 2. The number of hydrogen-bond donors (Lipinski definition) is 3. The summed E-state index contributed by atoms with van der Waals surface area (Å²) in [4.78, 5) is 24.3. The van der Waals surface area contributed by atoms with Crippen molar-refractivity contribution in [3.05, 3.63) is 29.3 Å². The van der Waals surface area contributed by atoms with Crippen LogP contribution >= 0.6 is 0 Å². The van der Waals surface area contributed by atoms with Gasteiger partial charge in [0.15, 0.2) is 6.04 Å². The molecule has 0 spiro atoms. The zero-order valence-electron chi connectivity index (χ0n) is 12.0. The second-order valence-electron chi connectivity index (χ2n) is 4.91. The molecule has 0 aliphatic rings. The highest BCUT2D eigenvalue weighted by Crippen LogP contribution is 2.17. The summed E-state index contributed by atoms with van der Waals surface area (Å²) in [7, 11) is 1.55. The normalized spacial score (nSPS) is 13.4. The highest BCUT2D eigenvalue weighted by atomic mass is 16.4. The standard InChI is InChI=1S/C14H20N2O4/c1-8-5-9(2)7-11(6-8)16(4)14(20)15-12(10(3)17)13(18)19/h5-7,10,12,17H,1-4H3,(H,15,20)(H,18,19). The number of nitrogens with zero attached hydrogens (tertiary/aromatic N) is 1. The number of hydrogen-bond acceptors (Lipinski definition) is 3. The molecule has 6 nitrogen and oxygen atoms in total. The average Bonchev–Trinajstić information content (AvgIpc) is 2.32. The molecule has 1 aromatic rings. The Morgan fingerprint density at radius 2 is 1.70 bits per heavy atom. The molecule has 0 saturated heterocycles. The van der Waals surface area contributed by atoms with Gasteiger partial charge in [0.2, 0.25) is 0 Å².